The van der Waals surface area contributed by atoms with E-state index in [2.05, 4.69) is 22.1 Å². The van der Waals surface area contributed by atoms with Gasteiger partial charge in [0.1, 0.15) is 0 Å². The second-order valence-electron chi connectivity index (χ2n) is 6.30. The van der Waals surface area contributed by atoms with Gasteiger partial charge in [0.2, 0.25) is 0 Å². The summed E-state index contributed by atoms with van der Waals surface area (Å²) in [5, 5.41) is 2.91. The van der Waals surface area contributed by atoms with Crippen LogP contribution in [0, 0.1) is 0 Å². The molecule has 0 aliphatic carbocycles. The maximum absolute atomic E-state index is 12.3. The number of carbonyl (C=O) groups is 2. The van der Waals surface area contributed by atoms with Gasteiger partial charge < -0.3 is 19.5 Å². The van der Waals surface area contributed by atoms with Crippen LogP contribution >= 0.6 is 0 Å². The van der Waals surface area contributed by atoms with Crippen LogP contribution in [0.4, 0.5) is 5.69 Å². The molecule has 1 N–H and O–H groups in total. The molecule has 0 unspecified atom stereocenters. The van der Waals surface area contributed by atoms with Crippen LogP contribution in [0.15, 0.2) is 41.3 Å². The zero-order valence-electron chi connectivity index (χ0n) is 15.0. The van der Waals surface area contributed by atoms with Gasteiger partial charge in [-0.2, -0.15) is 0 Å². The van der Waals surface area contributed by atoms with E-state index >= 15 is 0 Å². The van der Waals surface area contributed by atoms with Gasteiger partial charge in [-0.3, -0.25) is 14.6 Å². The van der Waals surface area contributed by atoms with E-state index in [4.69, 9.17) is 4.42 Å². The zero-order valence-corrected chi connectivity index (χ0v) is 15.0. The minimum absolute atomic E-state index is 0.0863. The van der Waals surface area contributed by atoms with E-state index < -0.39 is 0 Å². The molecule has 1 fully saturated rings. The van der Waals surface area contributed by atoms with Crippen molar-refractivity contribution in [1.29, 1.82) is 0 Å². The number of rotatable bonds is 6. The summed E-state index contributed by atoms with van der Waals surface area (Å²) in [7, 11) is 0. The first-order valence-corrected chi connectivity index (χ1v) is 9.00. The molecule has 1 aliphatic rings. The van der Waals surface area contributed by atoms with Crippen LogP contribution in [0.5, 0.6) is 0 Å². The molecule has 0 saturated carbocycles. The lowest BCUT2D eigenvalue weighted by atomic mass is 10.2. The van der Waals surface area contributed by atoms with Gasteiger partial charge in [0.05, 0.1) is 23.7 Å². The lowest BCUT2D eigenvalue weighted by Crippen LogP contribution is -2.48. The molecule has 3 rings (SSSR count). The first-order valence-electron chi connectivity index (χ1n) is 9.00. The molecule has 3 heterocycles. The Bertz CT molecular complexity index is 737. The van der Waals surface area contributed by atoms with Crippen LogP contribution < -0.4 is 10.2 Å². The average molecular weight is 356 g/mol. The summed E-state index contributed by atoms with van der Waals surface area (Å²) >= 11 is 0. The molecular formula is C19H24N4O3. The summed E-state index contributed by atoms with van der Waals surface area (Å²) in [5.41, 5.74) is 1.46. The van der Waals surface area contributed by atoms with Crippen LogP contribution in [-0.2, 0) is 0 Å². The third-order valence-electron chi connectivity index (χ3n) is 4.47. The van der Waals surface area contributed by atoms with Gasteiger partial charge in [0.25, 0.3) is 11.8 Å². The number of hydrogen-bond donors (Lipinski definition) is 1. The highest BCUT2D eigenvalue weighted by molar-refractivity contribution is 5.94. The number of furan rings is 1. The molecule has 1 aliphatic heterocycles. The predicted molar refractivity (Wildman–Crippen MR) is 98.3 cm³/mol. The molecule has 7 heteroatoms. The van der Waals surface area contributed by atoms with Crippen molar-refractivity contribution < 1.29 is 14.0 Å². The van der Waals surface area contributed by atoms with Crippen molar-refractivity contribution in [2.75, 3.05) is 37.6 Å². The molecule has 0 atom stereocenters. The van der Waals surface area contributed by atoms with Gasteiger partial charge in [-0.15, -0.1) is 0 Å². The molecule has 2 aromatic rings. The van der Waals surface area contributed by atoms with E-state index in [1.165, 1.54) is 6.26 Å². The lowest BCUT2D eigenvalue weighted by molar-refractivity contribution is 0.0714. The molecule has 2 amide bonds. The second kappa shape index (κ2) is 8.51. The molecule has 0 aromatic carbocycles. The van der Waals surface area contributed by atoms with Crippen LogP contribution in [0.25, 0.3) is 0 Å². The smallest absolute Gasteiger partial charge is 0.289 e. The maximum Gasteiger partial charge on any atom is 0.289 e. The van der Waals surface area contributed by atoms with Crippen molar-refractivity contribution in [2.45, 2.75) is 19.8 Å². The number of carbonyl (C=O) groups excluding carboxylic acids is 2. The zero-order chi connectivity index (χ0) is 18.4. The topological polar surface area (TPSA) is 78.7 Å². The summed E-state index contributed by atoms with van der Waals surface area (Å²) < 4.78 is 5.18. The lowest BCUT2D eigenvalue weighted by Gasteiger charge is -2.35. The van der Waals surface area contributed by atoms with Crippen molar-refractivity contribution >= 4 is 17.5 Å². The maximum atomic E-state index is 12.3. The van der Waals surface area contributed by atoms with Crippen molar-refractivity contribution in [3.8, 4) is 0 Å². The van der Waals surface area contributed by atoms with Crippen LogP contribution in [0.3, 0.4) is 0 Å². The van der Waals surface area contributed by atoms with Gasteiger partial charge in [0.15, 0.2) is 5.76 Å². The van der Waals surface area contributed by atoms with Crippen molar-refractivity contribution in [3.63, 3.8) is 0 Å². The van der Waals surface area contributed by atoms with E-state index in [1.807, 2.05) is 6.07 Å². The Morgan fingerprint density at radius 1 is 1.23 bits per heavy atom. The Hall–Kier alpha value is -2.83. The summed E-state index contributed by atoms with van der Waals surface area (Å²) in [6.45, 7) is 5.35. The fourth-order valence-corrected chi connectivity index (χ4v) is 2.93. The Balaban J connectivity index is 1.58. The molecule has 0 spiro atoms. The Morgan fingerprint density at radius 2 is 2.04 bits per heavy atom. The summed E-state index contributed by atoms with van der Waals surface area (Å²) in [5.74, 6) is 0.183. The quantitative estimate of drug-likeness (QED) is 0.803. The van der Waals surface area contributed by atoms with Crippen LogP contribution in [0.2, 0.25) is 0 Å². The number of pyridine rings is 1. The third kappa shape index (κ3) is 4.22. The molecule has 2 aromatic heterocycles. The minimum atomic E-state index is -0.0977. The van der Waals surface area contributed by atoms with Gasteiger partial charge in [0, 0.05) is 38.9 Å². The van der Waals surface area contributed by atoms with Crippen LogP contribution in [0.1, 0.15) is 40.7 Å². The normalized spacial score (nSPS) is 14.3. The van der Waals surface area contributed by atoms with Gasteiger partial charge in [-0.25, -0.2) is 0 Å². The molecule has 0 bridgehead atoms. The SMILES string of the molecule is CCCCNC(=O)c1cncc(N2CCN(C(=O)c3ccco3)CC2)c1. The predicted octanol–water partition coefficient (Wildman–Crippen LogP) is 2.17. The number of hydrogen-bond acceptors (Lipinski definition) is 5. The molecule has 138 valence electrons. The molecular weight excluding hydrogens is 332 g/mol. The Morgan fingerprint density at radius 3 is 2.73 bits per heavy atom. The van der Waals surface area contributed by atoms with Crippen LogP contribution in [-0.4, -0.2) is 54.4 Å². The molecule has 26 heavy (non-hydrogen) atoms. The summed E-state index contributed by atoms with van der Waals surface area (Å²) in [6.07, 6.45) is 6.85. The highest BCUT2D eigenvalue weighted by Crippen LogP contribution is 2.18. The molecule has 7 nitrogen and oxygen atoms in total. The fraction of sp³-hybridized carbons (Fsp3) is 0.421. The standard InChI is InChI=1S/C19H24N4O3/c1-2-3-6-21-18(24)15-12-16(14-20-13-15)22-7-9-23(10-8-22)19(25)17-5-4-11-26-17/h4-5,11-14H,2-3,6-10H2,1H3,(H,21,24). The second-order valence-corrected chi connectivity index (χ2v) is 6.30. The highest BCUT2D eigenvalue weighted by atomic mass is 16.3. The number of nitrogens with one attached hydrogen (secondary N) is 1. The Labute approximate surface area is 153 Å². The van der Waals surface area contributed by atoms with E-state index in [0.29, 0.717) is 44.0 Å². The van der Waals surface area contributed by atoms with E-state index in [1.54, 1.807) is 29.4 Å². The van der Waals surface area contributed by atoms with E-state index in [0.717, 1.165) is 18.5 Å². The largest absolute Gasteiger partial charge is 0.459 e. The third-order valence-corrected chi connectivity index (χ3v) is 4.47. The molecule has 1 saturated heterocycles. The average Bonchev–Trinajstić information content (AvgIpc) is 3.22. The van der Waals surface area contributed by atoms with Crippen molar-refractivity contribution in [1.82, 2.24) is 15.2 Å². The van der Waals surface area contributed by atoms with Gasteiger partial charge in [-0.05, 0) is 24.6 Å². The number of nitrogens with zero attached hydrogens (tertiary/aromatic N) is 3. The van der Waals surface area contributed by atoms with Crippen molar-refractivity contribution in [2.24, 2.45) is 0 Å². The van der Waals surface area contributed by atoms with E-state index in [-0.39, 0.29) is 11.8 Å². The van der Waals surface area contributed by atoms with Crippen molar-refractivity contribution in [3.05, 3.63) is 48.2 Å². The minimum Gasteiger partial charge on any atom is -0.459 e. The number of unbranched alkanes of at least 4 members (excludes halogenated alkanes) is 1. The Kier molecular flexibility index (Phi) is 5.88. The number of piperazine rings is 1. The number of amides is 2. The summed E-state index contributed by atoms with van der Waals surface area (Å²) in [4.78, 5) is 32.6. The first kappa shape index (κ1) is 18.0. The summed E-state index contributed by atoms with van der Waals surface area (Å²) in [6, 6.07) is 5.25. The van der Waals surface area contributed by atoms with Gasteiger partial charge >= 0.3 is 0 Å². The number of anilines is 1. The monoisotopic (exact) mass is 356 g/mol. The molecule has 0 radical (unpaired) electrons. The van der Waals surface area contributed by atoms with Gasteiger partial charge in [-0.1, -0.05) is 13.3 Å². The first-order chi connectivity index (χ1) is 12.7. The highest BCUT2D eigenvalue weighted by Gasteiger charge is 2.24. The fourth-order valence-electron chi connectivity index (χ4n) is 2.93. The number of aromatic nitrogens is 1. The van der Waals surface area contributed by atoms with E-state index in [9.17, 15) is 9.59 Å².